The maximum absolute atomic E-state index is 12.5. The zero-order valence-electron chi connectivity index (χ0n) is 13.2. The number of nitrogens with zero attached hydrogens (tertiary/aromatic N) is 2. The van der Waals surface area contributed by atoms with Crippen LogP contribution in [-0.4, -0.2) is 30.8 Å². The van der Waals surface area contributed by atoms with Crippen molar-refractivity contribution in [2.75, 3.05) is 24.8 Å². The van der Waals surface area contributed by atoms with Crippen molar-refractivity contribution in [3.05, 3.63) is 53.6 Å². The Kier molecular flexibility index (Phi) is 4.67. The Morgan fingerprint density at radius 1 is 1.26 bits per heavy atom. The van der Waals surface area contributed by atoms with Gasteiger partial charge < -0.3 is 4.74 Å². The predicted molar refractivity (Wildman–Crippen MR) is 94.1 cm³/mol. The van der Waals surface area contributed by atoms with Crippen LogP contribution in [0.4, 0.5) is 5.82 Å². The van der Waals surface area contributed by atoms with Crippen molar-refractivity contribution in [3.63, 3.8) is 0 Å². The van der Waals surface area contributed by atoms with Gasteiger partial charge in [-0.2, -0.15) is 4.98 Å². The highest BCUT2D eigenvalue weighted by atomic mass is 32.2. The van der Waals surface area contributed by atoms with E-state index in [0.29, 0.717) is 18.2 Å². The van der Waals surface area contributed by atoms with E-state index < -0.39 is 0 Å². The van der Waals surface area contributed by atoms with Crippen LogP contribution in [0.2, 0.25) is 0 Å². The number of rotatable bonds is 4. The molecule has 3 rings (SSSR count). The minimum atomic E-state index is -0.0570. The Balaban J connectivity index is 1.75. The summed E-state index contributed by atoms with van der Waals surface area (Å²) in [6.07, 6.45) is 6.31. The first-order valence-electron chi connectivity index (χ1n) is 7.39. The van der Waals surface area contributed by atoms with Gasteiger partial charge in [0.2, 0.25) is 5.88 Å². The molecule has 0 aliphatic carbocycles. The molecule has 0 bridgehead atoms. The van der Waals surface area contributed by atoms with Gasteiger partial charge in [-0.05, 0) is 48.1 Å². The van der Waals surface area contributed by atoms with Gasteiger partial charge >= 0.3 is 0 Å². The number of benzene rings is 1. The fraction of sp³-hybridized carbons (Fsp3) is 0.222. The van der Waals surface area contributed by atoms with Crippen molar-refractivity contribution in [3.8, 4) is 5.88 Å². The standard InChI is InChI=1S/C18H18N2O2S/c1-22-16-9-6-14-11-12-20(18(14)19-16)17(21)10-5-13-3-7-15(23-2)8-4-13/h3-10H,11-12H2,1-2H3/b10-5+. The van der Waals surface area contributed by atoms with Crippen molar-refractivity contribution >= 4 is 29.6 Å². The van der Waals surface area contributed by atoms with Gasteiger partial charge in [0.1, 0.15) is 5.82 Å². The van der Waals surface area contributed by atoms with E-state index in [4.69, 9.17) is 4.74 Å². The number of aromatic nitrogens is 1. The quantitative estimate of drug-likeness (QED) is 0.638. The summed E-state index contributed by atoms with van der Waals surface area (Å²) in [4.78, 5) is 19.8. The van der Waals surface area contributed by atoms with Crippen LogP contribution in [0, 0.1) is 0 Å². The maximum Gasteiger partial charge on any atom is 0.252 e. The molecule has 0 unspecified atom stereocenters. The molecule has 118 valence electrons. The summed E-state index contributed by atoms with van der Waals surface area (Å²) in [6, 6.07) is 11.9. The predicted octanol–water partition coefficient (Wildman–Crippen LogP) is 3.41. The number of anilines is 1. The van der Waals surface area contributed by atoms with E-state index in [0.717, 1.165) is 17.5 Å². The number of ether oxygens (including phenoxy) is 1. The first-order chi connectivity index (χ1) is 11.2. The van der Waals surface area contributed by atoms with E-state index in [-0.39, 0.29) is 5.91 Å². The molecule has 1 aliphatic heterocycles. The molecular weight excluding hydrogens is 308 g/mol. The molecule has 5 heteroatoms. The molecule has 2 aromatic rings. The summed E-state index contributed by atoms with van der Waals surface area (Å²) in [5.41, 5.74) is 2.09. The SMILES string of the molecule is COc1ccc2c(n1)N(C(=O)/C=C/c1ccc(SC)cc1)CC2. The molecule has 1 aliphatic rings. The van der Waals surface area contributed by atoms with Gasteiger partial charge in [-0.3, -0.25) is 9.69 Å². The summed E-state index contributed by atoms with van der Waals surface area (Å²) in [6.45, 7) is 0.657. The number of carbonyl (C=O) groups is 1. The highest BCUT2D eigenvalue weighted by molar-refractivity contribution is 7.98. The van der Waals surface area contributed by atoms with Crippen molar-refractivity contribution in [2.24, 2.45) is 0 Å². The molecule has 0 saturated carbocycles. The van der Waals surface area contributed by atoms with E-state index in [1.807, 2.05) is 48.7 Å². The van der Waals surface area contributed by atoms with Crippen molar-refractivity contribution in [1.29, 1.82) is 0 Å². The van der Waals surface area contributed by atoms with E-state index in [1.54, 1.807) is 29.8 Å². The Bertz CT molecular complexity index is 741. The van der Waals surface area contributed by atoms with Crippen LogP contribution in [-0.2, 0) is 11.2 Å². The molecule has 0 spiro atoms. The van der Waals surface area contributed by atoms with Gasteiger partial charge in [0.05, 0.1) is 7.11 Å². The lowest BCUT2D eigenvalue weighted by Crippen LogP contribution is -2.27. The third kappa shape index (κ3) is 3.40. The van der Waals surface area contributed by atoms with E-state index in [2.05, 4.69) is 4.98 Å². The molecule has 1 aromatic carbocycles. The Labute approximate surface area is 140 Å². The number of amides is 1. The number of hydrogen-bond donors (Lipinski definition) is 0. The number of methoxy groups -OCH3 is 1. The van der Waals surface area contributed by atoms with Gasteiger partial charge in [0.25, 0.3) is 5.91 Å². The second kappa shape index (κ2) is 6.87. The zero-order valence-corrected chi connectivity index (χ0v) is 14.0. The van der Waals surface area contributed by atoms with Crippen molar-refractivity contribution in [1.82, 2.24) is 4.98 Å². The van der Waals surface area contributed by atoms with E-state index in [9.17, 15) is 4.79 Å². The lowest BCUT2D eigenvalue weighted by Gasteiger charge is -2.14. The van der Waals surface area contributed by atoms with Crippen LogP contribution in [0.25, 0.3) is 6.08 Å². The lowest BCUT2D eigenvalue weighted by molar-refractivity contribution is -0.114. The summed E-state index contributed by atoms with van der Waals surface area (Å²) >= 11 is 1.70. The lowest BCUT2D eigenvalue weighted by atomic mass is 10.2. The van der Waals surface area contributed by atoms with Crippen LogP contribution in [0.5, 0.6) is 5.88 Å². The molecule has 23 heavy (non-hydrogen) atoms. The minimum Gasteiger partial charge on any atom is -0.481 e. The zero-order chi connectivity index (χ0) is 16.2. The average Bonchev–Trinajstić information content (AvgIpc) is 3.03. The Morgan fingerprint density at radius 2 is 2.04 bits per heavy atom. The molecule has 0 saturated heterocycles. The number of thioether (sulfide) groups is 1. The maximum atomic E-state index is 12.5. The number of hydrogen-bond acceptors (Lipinski definition) is 4. The topological polar surface area (TPSA) is 42.4 Å². The van der Waals surface area contributed by atoms with Crippen LogP contribution in [0.1, 0.15) is 11.1 Å². The Hall–Kier alpha value is -2.27. The average molecular weight is 326 g/mol. The molecule has 2 heterocycles. The second-order valence-corrected chi connectivity index (χ2v) is 6.06. The van der Waals surface area contributed by atoms with Crippen LogP contribution in [0.3, 0.4) is 0 Å². The summed E-state index contributed by atoms with van der Waals surface area (Å²) < 4.78 is 5.15. The van der Waals surface area contributed by atoms with E-state index in [1.165, 1.54) is 4.90 Å². The van der Waals surface area contributed by atoms with Gasteiger partial charge in [0.15, 0.2) is 0 Å². The normalized spacial score (nSPS) is 13.4. The van der Waals surface area contributed by atoms with Crippen LogP contribution >= 0.6 is 11.8 Å². The van der Waals surface area contributed by atoms with Crippen molar-refractivity contribution < 1.29 is 9.53 Å². The molecular formula is C18H18N2O2S. The molecule has 4 nitrogen and oxygen atoms in total. The molecule has 1 amide bonds. The third-order valence-electron chi connectivity index (χ3n) is 3.80. The van der Waals surface area contributed by atoms with Crippen molar-refractivity contribution in [2.45, 2.75) is 11.3 Å². The van der Waals surface area contributed by atoms with Gasteiger partial charge in [0, 0.05) is 23.6 Å². The second-order valence-electron chi connectivity index (χ2n) is 5.18. The largest absolute Gasteiger partial charge is 0.481 e. The first kappa shape index (κ1) is 15.6. The highest BCUT2D eigenvalue weighted by Crippen LogP contribution is 2.28. The van der Waals surface area contributed by atoms with E-state index >= 15 is 0 Å². The fourth-order valence-corrected chi connectivity index (χ4v) is 2.94. The summed E-state index contributed by atoms with van der Waals surface area (Å²) in [7, 11) is 1.58. The number of pyridine rings is 1. The summed E-state index contributed by atoms with van der Waals surface area (Å²) in [5, 5.41) is 0. The number of fused-ring (bicyclic) bond motifs is 1. The Morgan fingerprint density at radius 3 is 2.74 bits per heavy atom. The summed E-state index contributed by atoms with van der Waals surface area (Å²) in [5.74, 6) is 1.18. The van der Waals surface area contributed by atoms with Crippen LogP contribution in [0.15, 0.2) is 47.4 Å². The third-order valence-corrected chi connectivity index (χ3v) is 4.54. The van der Waals surface area contributed by atoms with Crippen LogP contribution < -0.4 is 9.64 Å². The monoisotopic (exact) mass is 326 g/mol. The molecule has 0 fully saturated rings. The first-order valence-corrected chi connectivity index (χ1v) is 8.61. The molecule has 0 N–H and O–H groups in total. The number of carbonyl (C=O) groups excluding carboxylic acids is 1. The minimum absolute atomic E-state index is 0.0570. The molecule has 0 atom stereocenters. The molecule has 0 radical (unpaired) electrons. The van der Waals surface area contributed by atoms with Gasteiger partial charge in [-0.25, -0.2) is 0 Å². The highest BCUT2D eigenvalue weighted by Gasteiger charge is 2.25. The van der Waals surface area contributed by atoms with Gasteiger partial charge in [-0.1, -0.05) is 12.1 Å². The smallest absolute Gasteiger partial charge is 0.252 e. The van der Waals surface area contributed by atoms with Gasteiger partial charge in [-0.15, -0.1) is 11.8 Å². The molecule has 1 aromatic heterocycles. The fourth-order valence-electron chi connectivity index (χ4n) is 2.53.